The molecule has 0 aromatic heterocycles. The molecule has 0 bridgehead atoms. The van der Waals surface area contributed by atoms with Crippen LogP contribution in [0, 0.1) is 16.0 Å². The van der Waals surface area contributed by atoms with Crippen LogP contribution in [-0.4, -0.2) is 18.0 Å². The van der Waals surface area contributed by atoms with Crippen molar-refractivity contribution in [3.63, 3.8) is 0 Å². The molecular weight excluding hydrogens is 204 g/mol. The minimum Gasteiger partial charge on any atom is -0.312 e. The fraction of sp³-hybridized carbons (Fsp3) is 0.500. The molecule has 1 unspecified atom stereocenters. The van der Waals surface area contributed by atoms with E-state index >= 15 is 0 Å². The highest BCUT2D eigenvalue weighted by Gasteiger charge is 2.36. The first-order valence-electron chi connectivity index (χ1n) is 5.78. The molecule has 3 aliphatic rings. The number of rotatable bonds is 1. The van der Waals surface area contributed by atoms with Gasteiger partial charge in [-0.2, -0.15) is 0 Å². The molecule has 0 amide bonds. The number of nitro groups is 1. The molecule has 0 saturated heterocycles. The summed E-state index contributed by atoms with van der Waals surface area (Å²) < 4.78 is 0. The fourth-order valence-corrected chi connectivity index (χ4v) is 2.99. The highest BCUT2D eigenvalue weighted by molar-refractivity contribution is 5.59. The average Bonchev–Trinajstić information content (AvgIpc) is 2.50. The normalized spacial score (nSPS) is 28.1. The summed E-state index contributed by atoms with van der Waals surface area (Å²) >= 11 is 0. The molecule has 16 heavy (non-hydrogen) atoms. The largest absolute Gasteiger partial charge is 0.312 e. The van der Waals surface area contributed by atoms with Crippen LogP contribution in [0.3, 0.4) is 0 Å². The average molecular weight is 218 g/mol. The monoisotopic (exact) mass is 218 g/mol. The highest BCUT2D eigenvalue weighted by Crippen LogP contribution is 2.42. The van der Waals surface area contributed by atoms with Crippen molar-refractivity contribution in [2.75, 3.05) is 13.1 Å². The van der Waals surface area contributed by atoms with Crippen LogP contribution < -0.4 is 5.32 Å². The van der Waals surface area contributed by atoms with E-state index in [1.807, 2.05) is 0 Å². The van der Waals surface area contributed by atoms with Gasteiger partial charge in [0.25, 0.3) is 5.70 Å². The van der Waals surface area contributed by atoms with Gasteiger partial charge in [-0.05, 0) is 42.9 Å². The van der Waals surface area contributed by atoms with E-state index in [2.05, 4.69) is 11.4 Å². The van der Waals surface area contributed by atoms with Crippen LogP contribution >= 0.6 is 0 Å². The molecule has 0 aromatic carbocycles. The van der Waals surface area contributed by atoms with E-state index in [-0.39, 0.29) is 4.92 Å². The van der Waals surface area contributed by atoms with Crippen LogP contribution in [0.4, 0.5) is 0 Å². The second-order valence-corrected chi connectivity index (χ2v) is 4.58. The van der Waals surface area contributed by atoms with Crippen LogP contribution in [0.15, 0.2) is 34.6 Å². The second kappa shape index (κ2) is 3.56. The molecule has 84 valence electrons. The first-order chi connectivity index (χ1) is 7.77. The quantitative estimate of drug-likeness (QED) is 0.539. The zero-order chi connectivity index (χ0) is 11.1. The van der Waals surface area contributed by atoms with Crippen molar-refractivity contribution in [2.45, 2.75) is 19.3 Å². The third-order valence-corrected chi connectivity index (χ3v) is 3.69. The van der Waals surface area contributed by atoms with Crippen LogP contribution in [-0.2, 0) is 0 Å². The van der Waals surface area contributed by atoms with Gasteiger partial charge in [0, 0.05) is 18.2 Å². The Morgan fingerprint density at radius 3 is 3.12 bits per heavy atom. The Morgan fingerprint density at radius 2 is 2.31 bits per heavy atom. The van der Waals surface area contributed by atoms with Crippen LogP contribution in [0.25, 0.3) is 0 Å². The molecule has 0 spiro atoms. The lowest BCUT2D eigenvalue weighted by atomic mass is 9.82. The van der Waals surface area contributed by atoms with Gasteiger partial charge in [-0.3, -0.25) is 10.1 Å². The lowest BCUT2D eigenvalue weighted by molar-refractivity contribution is -0.420. The first-order valence-corrected chi connectivity index (χ1v) is 5.78. The number of allylic oxidation sites excluding steroid dienone is 4. The van der Waals surface area contributed by atoms with Crippen molar-refractivity contribution in [3.8, 4) is 0 Å². The molecule has 2 aliphatic carbocycles. The molecule has 4 nitrogen and oxygen atoms in total. The summed E-state index contributed by atoms with van der Waals surface area (Å²) in [5.41, 5.74) is 3.60. The number of hydrogen-bond donors (Lipinski definition) is 1. The maximum Gasteiger partial charge on any atom is 0.274 e. The first kappa shape index (κ1) is 9.78. The van der Waals surface area contributed by atoms with Gasteiger partial charge in [0.05, 0.1) is 4.92 Å². The SMILES string of the molecule is O=[N+]([O-])C1=CC2=CCCC3CCNCC1=C23. The summed E-state index contributed by atoms with van der Waals surface area (Å²) in [6.07, 6.45) is 7.20. The topological polar surface area (TPSA) is 55.2 Å². The minimum absolute atomic E-state index is 0.244. The predicted octanol–water partition coefficient (Wildman–Crippen LogP) is 1.79. The lowest BCUT2D eigenvalue weighted by Crippen LogP contribution is -2.18. The Hall–Kier alpha value is -1.42. The number of nitrogens with one attached hydrogen (secondary N) is 1. The second-order valence-electron chi connectivity index (χ2n) is 4.58. The molecule has 1 atom stereocenters. The van der Waals surface area contributed by atoms with E-state index in [0.29, 0.717) is 18.2 Å². The molecule has 0 aromatic rings. The molecule has 0 saturated carbocycles. The third kappa shape index (κ3) is 1.33. The summed E-state index contributed by atoms with van der Waals surface area (Å²) in [7, 11) is 0. The molecule has 4 heteroatoms. The van der Waals surface area contributed by atoms with Crippen molar-refractivity contribution in [2.24, 2.45) is 5.92 Å². The van der Waals surface area contributed by atoms with Gasteiger partial charge < -0.3 is 5.32 Å². The summed E-state index contributed by atoms with van der Waals surface area (Å²) in [4.78, 5) is 10.8. The smallest absolute Gasteiger partial charge is 0.274 e. The zero-order valence-electron chi connectivity index (χ0n) is 9.03. The van der Waals surface area contributed by atoms with Crippen molar-refractivity contribution in [1.82, 2.24) is 5.32 Å². The zero-order valence-corrected chi connectivity index (χ0v) is 9.03. The maximum absolute atomic E-state index is 11.0. The number of nitrogens with zero attached hydrogens (tertiary/aromatic N) is 1. The van der Waals surface area contributed by atoms with E-state index in [1.165, 1.54) is 5.57 Å². The van der Waals surface area contributed by atoms with E-state index in [9.17, 15) is 10.1 Å². The summed E-state index contributed by atoms with van der Waals surface area (Å²) in [5.74, 6) is 0.527. The van der Waals surface area contributed by atoms with E-state index < -0.39 is 0 Å². The molecule has 0 fully saturated rings. The Labute approximate surface area is 93.9 Å². The minimum atomic E-state index is -0.244. The standard InChI is InChI=1S/C12H14N2O2/c15-14(16)11-6-9-3-1-2-8-4-5-13-7-10(11)12(8)9/h3,6,8,13H,1-2,4-5,7H2. The van der Waals surface area contributed by atoms with Crippen LogP contribution in [0.2, 0.25) is 0 Å². The summed E-state index contributed by atoms with van der Waals surface area (Å²) in [5, 5.41) is 14.3. The van der Waals surface area contributed by atoms with Gasteiger partial charge in [0.1, 0.15) is 0 Å². The Kier molecular flexibility index (Phi) is 2.17. The van der Waals surface area contributed by atoms with Crippen LogP contribution in [0.1, 0.15) is 19.3 Å². The predicted molar refractivity (Wildman–Crippen MR) is 60.4 cm³/mol. The van der Waals surface area contributed by atoms with Gasteiger partial charge in [0.2, 0.25) is 0 Å². The van der Waals surface area contributed by atoms with E-state index in [4.69, 9.17) is 0 Å². The molecule has 3 rings (SSSR count). The van der Waals surface area contributed by atoms with E-state index in [1.54, 1.807) is 6.08 Å². The molecular formula is C12H14N2O2. The van der Waals surface area contributed by atoms with E-state index in [0.717, 1.165) is 37.0 Å². The lowest BCUT2D eigenvalue weighted by Gasteiger charge is -2.22. The van der Waals surface area contributed by atoms with Crippen molar-refractivity contribution in [3.05, 3.63) is 44.7 Å². The Bertz CT molecular complexity index is 446. The molecule has 1 N–H and O–H groups in total. The summed E-state index contributed by atoms with van der Waals surface area (Å²) in [6.45, 7) is 1.62. The van der Waals surface area contributed by atoms with Gasteiger partial charge >= 0.3 is 0 Å². The van der Waals surface area contributed by atoms with Gasteiger partial charge in [-0.15, -0.1) is 0 Å². The van der Waals surface area contributed by atoms with Crippen molar-refractivity contribution >= 4 is 0 Å². The van der Waals surface area contributed by atoms with Gasteiger partial charge in [-0.1, -0.05) is 6.08 Å². The molecule has 1 heterocycles. The van der Waals surface area contributed by atoms with Crippen molar-refractivity contribution < 1.29 is 4.92 Å². The van der Waals surface area contributed by atoms with Gasteiger partial charge in [0.15, 0.2) is 0 Å². The Morgan fingerprint density at radius 1 is 1.44 bits per heavy atom. The van der Waals surface area contributed by atoms with Crippen LogP contribution in [0.5, 0.6) is 0 Å². The Balaban J connectivity index is 2.12. The van der Waals surface area contributed by atoms with Gasteiger partial charge in [-0.25, -0.2) is 0 Å². The molecule has 0 radical (unpaired) electrons. The maximum atomic E-state index is 11.0. The number of hydrogen-bond acceptors (Lipinski definition) is 3. The highest BCUT2D eigenvalue weighted by atomic mass is 16.6. The summed E-state index contributed by atoms with van der Waals surface area (Å²) in [6, 6.07) is 0. The molecule has 1 aliphatic heterocycles. The third-order valence-electron chi connectivity index (χ3n) is 3.69. The van der Waals surface area contributed by atoms with Crippen molar-refractivity contribution in [1.29, 1.82) is 0 Å². The fourth-order valence-electron chi connectivity index (χ4n) is 2.99.